The van der Waals surface area contributed by atoms with Gasteiger partial charge in [-0.3, -0.25) is 14.4 Å². The summed E-state index contributed by atoms with van der Waals surface area (Å²) in [5.74, 6) is -1.64. The molecular formula is C14H24O6. The number of hydrogen-bond acceptors (Lipinski definition) is 5. The van der Waals surface area contributed by atoms with Crippen molar-refractivity contribution in [1.82, 2.24) is 0 Å². The third-order valence-electron chi connectivity index (χ3n) is 2.37. The van der Waals surface area contributed by atoms with Crippen molar-refractivity contribution in [2.45, 2.75) is 47.0 Å². The summed E-state index contributed by atoms with van der Waals surface area (Å²) in [6, 6.07) is 0. The zero-order valence-corrected chi connectivity index (χ0v) is 12.6. The van der Waals surface area contributed by atoms with Crippen LogP contribution in [0.2, 0.25) is 0 Å². The summed E-state index contributed by atoms with van der Waals surface area (Å²) in [5, 5.41) is 8.44. The molecule has 0 unspecified atom stereocenters. The number of aliphatic carboxylic acids is 1. The molecule has 0 aliphatic carbocycles. The molecule has 116 valence electrons. The molecule has 0 aliphatic rings. The van der Waals surface area contributed by atoms with Crippen LogP contribution in [0.25, 0.3) is 0 Å². The van der Waals surface area contributed by atoms with E-state index in [-0.39, 0.29) is 37.9 Å². The molecule has 0 aromatic rings. The Kier molecular flexibility index (Phi) is 7.87. The monoisotopic (exact) mass is 288 g/mol. The van der Waals surface area contributed by atoms with E-state index in [1.54, 1.807) is 13.8 Å². The Bertz CT molecular complexity index is 346. The molecule has 0 heterocycles. The van der Waals surface area contributed by atoms with E-state index in [2.05, 4.69) is 0 Å². The summed E-state index contributed by atoms with van der Waals surface area (Å²) in [6.45, 7) is 7.71. The number of rotatable bonds is 9. The number of hydrogen-bond donors (Lipinski definition) is 1. The number of carboxylic acid groups (broad SMARTS) is 1. The second kappa shape index (κ2) is 8.55. The number of carboxylic acids is 1. The van der Waals surface area contributed by atoms with E-state index < -0.39 is 17.4 Å². The number of carbonyl (C=O) groups excluding carboxylic acids is 2. The van der Waals surface area contributed by atoms with Crippen LogP contribution in [0.5, 0.6) is 0 Å². The van der Waals surface area contributed by atoms with E-state index in [0.717, 1.165) is 0 Å². The van der Waals surface area contributed by atoms with Crippen molar-refractivity contribution in [2.75, 3.05) is 13.2 Å². The minimum Gasteiger partial charge on any atom is -0.481 e. The molecule has 0 aromatic carbocycles. The third kappa shape index (κ3) is 10.3. The van der Waals surface area contributed by atoms with Crippen LogP contribution in [0.4, 0.5) is 0 Å². The zero-order valence-electron chi connectivity index (χ0n) is 12.6. The maximum atomic E-state index is 11.4. The van der Waals surface area contributed by atoms with Crippen LogP contribution in [0.3, 0.4) is 0 Å². The van der Waals surface area contributed by atoms with E-state index in [4.69, 9.17) is 14.6 Å². The summed E-state index contributed by atoms with van der Waals surface area (Å²) in [6.07, 6.45) is -0.0460. The molecule has 0 rings (SSSR count). The van der Waals surface area contributed by atoms with E-state index >= 15 is 0 Å². The molecule has 1 N–H and O–H groups in total. The fourth-order valence-corrected chi connectivity index (χ4v) is 1.27. The molecule has 0 radical (unpaired) electrons. The van der Waals surface area contributed by atoms with Gasteiger partial charge in [-0.15, -0.1) is 0 Å². The van der Waals surface area contributed by atoms with Crippen LogP contribution in [-0.2, 0) is 23.9 Å². The molecule has 0 spiro atoms. The summed E-state index contributed by atoms with van der Waals surface area (Å²) >= 11 is 0. The van der Waals surface area contributed by atoms with E-state index in [0.29, 0.717) is 6.42 Å². The van der Waals surface area contributed by atoms with E-state index in [1.165, 1.54) is 0 Å². The van der Waals surface area contributed by atoms with Gasteiger partial charge in [-0.05, 0) is 5.92 Å². The SMILES string of the molecule is CC(C)CC(=O)OCC(C)(C)COC(=O)CCC(=O)O. The smallest absolute Gasteiger partial charge is 0.306 e. The molecular weight excluding hydrogens is 264 g/mol. The molecule has 6 nitrogen and oxygen atoms in total. The summed E-state index contributed by atoms with van der Waals surface area (Å²) in [4.78, 5) is 33.0. The van der Waals surface area contributed by atoms with Gasteiger partial charge in [0.25, 0.3) is 0 Å². The van der Waals surface area contributed by atoms with Crippen LogP contribution in [-0.4, -0.2) is 36.2 Å². The Labute approximate surface area is 119 Å². The van der Waals surface area contributed by atoms with E-state index in [1.807, 2.05) is 13.8 Å². The number of esters is 2. The molecule has 0 aliphatic heterocycles. The van der Waals surface area contributed by atoms with Crippen molar-refractivity contribution in [3.05, 3.63) is 0 Å². The fourth-order valence-electron chi connectivity index (χ4n) is 1.27. The first-order valence-corrected chi connectivity index (χ1v) is 6.65. The molecule has 0 fully saturated rings. The molecule has 0 aromatic heterocycles. The van der Waals surface area contributed by atoms with Gasteiger partial charge in [-0.2, -0.15) is 0 Å². The lowest BCUT2D eigenvalue weighted by Crippen LogP contribution is -2.29. The molecule has 6 heteroatoms. The fraction of sp³-hybridized carbons (Fsp3) is 0.786. The third-order valence-corrected chi connectivity index (χ3v) is 2.37. The average Bonchev–Trinajstić information content (AvgIpc) is 2.31. The largest absolute Gasteiger partial charge is 0.481 e. The predicted octanol–water partition coefficient (Wildman–Crippen LogP) is 2.01. The molecule has 0 bridgehead atoms. The summed E-state index contributed by atoms with van der Waals surface area (Å²) in [5.41, 5.74) is -0.495. The molecule has 0 saturated carbocycles. The Morgan fingerprint density at radius 3 is 1.95 bits per heavy atom. The van der Waals surface area contributed by atoms with Crippen LogP contribution >= 0.6 is 0 Å². The van der Waals surface area contributed by atoms with Crippen LogP contribution < -0.4 is 0 Å². The predicted molar refractivity (Wildman–Crippen MR) is 72.0 cm³/mol. The summed E-state index contributed by atoms with van der Waals surface area (Å²) in [7, 11) is 0. The van der Waals surface area contributed by atoms with Crippen molar-refractivity contribution >= 4 is 17.9 Å². The second-order valence-electron chi connectivity index (χ2n) is 5.98. The highest BCUT2D eigenvalue weighted by molar-refractivity contribution is 5.76. The summed E-state index contributed by atoms with van der Waals surface area (Å²) < 4.78 is 10.1. The quantitative estimate of drug-likeness (QED) is 0.653. The van der Waals surface area contributed by atoms with Crippen molar-refractivity contribution in [1.29, 1.82) is 0 Å². The first kappa shape index (κ1) is 18.4. The van der Waals surface area contributed by atoms with Crippen molar-refractivity contribution in [2.24, 2.45) is 11.3 Å². The van der Waals surface area contributed by atoms with Gasteiger partial charge in [-0.1, -0.05) is 27.7 Å². The van der Waals surface area contributed by atoms with Crippen LogP contribution in [0, 0.1) is 11.3 Å². The second-order valence-corrected chi connectivity index (χ2v) is 5.98. The lowest BCUT2D eigenvalue weighted by molar-refractivity contribution is -0.154. The minimum atomic E-state index is -1.04. The van der Waals surface area contributed by atoms with Gasteiger partial charge in [0.1, 0.15) is 0 Å². The minimum absolute atomic E-state index is 0.0837. The lowest BCUT2D eigenvalue weighted by atomic mass is 9.96. The Balaban J connectivity index is 3.97. The van der Waals surface area contributed by atoms with Gasteiger partial charge in [0.05, 0.1) is 26.1 Å². The Hall–Kier alpha value is -1.59. The molecule has 0 atom stereocenters. The van der Waals surface area contributed by atoms with Gasteiger partial charge in [0, 0.05) is 11.8 Å². The standard InChI is InChI=1S/C14H24O6/c1-10(2)7-13(18)20-9-14(3,4)8-19-12(17)6-5-11(15)16/h10H,5-9H2,1-4H3,(H,15,16). The highest BCUT2D eigenvalue weighted by Crippen LogP contribution is 2.17. The maximum absolute atomic E-state index is 11.4. The highest BCUT2D eigenvalue weighted by Gasteiger charge is 2.23. The maximum Gasteiger partial charge on any atom is 0.306 e. The molecule has 0 saturated heterocycles. The van der Waals surface area contributed by atoms with Crippen molar-refractivity contribution < 1.29 is 29.0 Å². The topological polar surface area (TPSA) is 89.9 Å². The Morgan fingerprint density at radius 1 is 1.00 bits per heavy atom. The van der Waals surface area contributed by atoms with Crippen LogP contribution in [0.15, 0.2) is 0 Å². The lowest BCUT2D eigenvalue weighted by Gasteiger charge is -2.23. The van der Waals surface area contributed by atoms with E-state index in [9.17, 15) is 14.4 Å². The molecule has 20 heavy (non-hydrogen) atoms. The van der Waals surface area contributed by atoms with Gasteiger partial charge in [0.2, 0.25) is 0 Å². The number of carbonyl (C=O) groups is 3. The van der Waals surface area contributed by atoms with Crippen LogP contribution in [0.1, 0.15) is 47.0 Å². The number of ether oxygens (including phenoxy) is 2. The Morgan fingerprint density at radius 2 is 1.50 bits per heavy atom. The van der Waals surface area contributed by atoms with Gasteiger partial charge in [-0.25, -0.2) is 0 Å². The van der Waals surface area contributed by atoms with Gasteiger partial charge in [0.15, 0.2) is 0 Å². The average molecular weight is 288 g/mol. The van der Waals surface area contributed by atoms with Gasteiger partial charge >= 0.3 is 17.9 Å². The first-order valence-electron chi connectivity index (χ1n) is 6.65. The van der Waals surface area contributed by atoms with Gasteiger partial charge < -0.3 is 14.6 Å². The van der Waals surface area contributed by atoms with Crippen molar-refractivity contribution in [3.63, 3.8) is 0 Å². The first-order chi connectivity index (χ1) is 9.12. The highest BCUT2D eigenvalue weighted by atomic mass is 16.5. The zero-order chi connectivity index (χ0) is 15.8. The van der Waals surface area contributed by atoms with Crippen molar-refractivity contribution in [3.8, 4) is 0 Å². The normalized spacial score (nSPS) is 11.2. The molecule has 0 amide bonds.